The molecule has 4 rings (SSSR count). The van der Waals surface area contributed by atoms with Crippen molar-refractivity contribution in [2.24, 2.45) is 4.99 Å². The lowest BCUT2D eigenvalue weighted by atomic mass is 10.2. The highest BCUT2D eigenvalue weighted by atomic mass is 32.2. The molecule has 0 bridgehead atoms. The van der Waals surface area contributed by atoms with Crippen LogP contribution in [0.5, 0.6) is 0 Å². The lowest BCUT2D eigenvalue weighted by Crippen LogP contribution is -2.34. The molecule has 0 saturated carbocycles. The molecule has 2 aromatic carbocycles. The topological polar surface area (TPSA) is 90.2 Å². The van der Waals surface area contributed by atoms with Gasteiger partial charge in [0.15, 0.2) is 4.80 Å². The molecule has 1 saturated heterocycles. The lowest BCUT2D eigenvalue weighted by molar-refractivity contribution is 0.0979. The first kappa shape index (κ1) is 24.7. The van der Waals surface area contributed by atoms with Crippen LogP contribution in [0.25, 0.3) is 10.2 Å². The second-order valence-corrected chi connectivity index (χ2v) is 11.0. The molecule has 1 atom stereocenters. The number of hydrogen-bond donors (Lipinski definition) is 0. The fraction of sp³-hybridized carbons (Fsp3) is 0.391. The number of likely N-dealkylation sites (N-methyl/N-ethyl adjacent to an activating group) is 1. The fourth-order valence-corrected chi connectivity index (χ4v) is 6.11. The zero-order chi connectivity index (χ0) is 24.3. The van der Waals surface area contributed by atoms with Gasteiger partial charge in [0.05, 0.1) is 27.8 Å². The first-order chi connectivity index (χ1) is 16.3. The average Bonchev–Trinajstić information content (AvgIpc) is 3.46. The number of rotatable bonds is 8. The molecule has 2 heterocycles. The van der Waals surface area contributed by atoms with Crippen LogP contribution < -0.4 is 4.80 Å². The van der Waals surface area contributed by atoms with Crippen LogP contribution in [0.3, 0.4) is 0 Å². The number of para-hydroxylation sites is 1. The van der Waals surface area contributed by atoms with Gasteiger partial charge in [0, 0.05) is 39.4 Å². The molecule has 1 aromatic heterocycles. The lowest BCUT2D eigenvalue weighted by Gasteiger charge is -2.20. The SMILES string of the molecule is COCCn1c(=NC(=O)c2ccc(S(=O)(=O)N(C)CC3CCCO3)cc2)sc2cccc(F)c21. The normalized spacial score (nSPS) is 17.2. The summed E-state index contributed by atoms with van der Waals surface area (Å²) in [5.41, 5.74) is 0.601. The minimum absolute atomic E-state index is 0.0867. The van der Waals surface area contributed by atoms with Crippen molar-refractivity contribution >= 4 is 37.5 Å². The van der Waals surface area contributed by atoms with Gasteiger partial charge in [-0.25, -0.2) is 12.8 Å². The third-order valence-corrected chi connectivity index (χ3v) is 8.54. The van der Waals surface area contributed by atoms with Crippen molar-refractivity contribution in [1.29, 1.82) is 0 Å². The largest absolute Gasteiger partial charge is 0.383 e. The Morgan fingerprint density at radius 3 is 2.74 bits per heavy atom. The smallest absolute Gasteiger partial charge is 0.279 e. The van der Waals surface area contributed by atoms with E-state index >= 15 is 0 Å². The summed E-state index contributed by atoms with van der Waals surface area (Å²) < 4.78 is 54.4. The highest BCUT2D eigenvalue weighted by Gasteiger charge is 2.26. The van der Waals surface area contributed by atoms with Crippen molar-refractivity contribution in [1.82, 2.24) is 8.87 Å². The van der Waals surface area contributed by atoms with E-state index in [0.29, 0.717) is 34.8 Å². The Hall–Kier alpha value is -2.44. The number of benzene rings is 2. The van der Waals surface area contributed by atoms with E-state index in [9.17, 15) is 17.6 Å². The van der Waals surface area contributed by atoms with Crippen LogP contribution in [0.4, 0.5) is 4.39 Å². The third kappa shape index (κ3) is 5.13. The molecule has 3 aromatic rings. The summed E-state index contributed by atoms with van der Waals surface area (Å²) in [6.45, 7) is 1.59. The number of sulfonamides is 1. The number of aromatic nitrogens is 1. The van der Waals surface area contributed by atoms with E-state index in [1.165, 1.54) is 53.0 Å². The van der Waals surface area contributed by atoms with Crippen LogP contribution in [-0.4, -0.2) is 63.2 Å². The molecule has 34 heavy (non-hydrogen) atoms. The number of halogens is 1. The summed E-state index contributed by atoms with van der Waals surface area (Å²) in [6, 6.07) is 10.4. The first-order valence-corrected chi connectivity index (χ1v) is 13.1. The van der Waals surface area contributed by atoms with E-state index in [0.717, 1.165) is 12.8 Å². The Bertz CT molecular complexity index is 1340. The number of thiazole rings is 1. The van der Waals surface area contributed by atoms with Crippen molar-refractivity contribution in [3.8, 4) is 0 Å². The molecule has 1 amide bonds. The molecule has 11 heteroatoms. The molecular weight excluding hydrogens is 481 g/mol. The molecule has 182 valence electrons. The van der Waals surface area contributed by atoms with Crippen molar-refractivity contribution in [2.75, 3.05) is 33.9 Å². The zero-order valence-electron chi connectivity index (χ0n) is 18.9. The Labute approximate surface area is 201 Å². The molecule has 1 unspecified atom stereocenters. The number of ether oxygens (including phenoxy) is 2. The quantitative estimate of drug-likeness (QED) is 0.468. The molecule has 0 aliphatic carbocycles. The van der Waals surface area contributed by atoms with Gasteiger partial charge in [0.25, 0.3) is 5.91 Å². The minimum atomic E-state index is -3.71. The molecule has 0 radical (unpaired) electrons. The number of carbonyl (C=O) groups is 1. The second-order valence-electron chi connectivity index (χ2n) is 7.98. The molecule has 0 spiro atoms. The van der Waals surface area contributed by atoms with Crippen molar-refractivity contribution in [3.05, 3.63) is 58.6 Å². The van der Waals surface area contributed by atoms with E-state index < -0.39 is 21.7 Å². The Balaban J connectivity index is 1.59. The van der Waals surface area contributed by atoms with E-state index in [4.69, 9.17) is 9.47 Å². The van der Waals surface area contributed by atoms with E-state index in [2.05, 4.69) is 4.99 Å². The monoisotopic (exact) mass is 507 g/mol. The number of methoxy groups -OCH3 is 1. The Kier molecular flexibility index (Phi) is 7.58. The van der Waals surface area contributed by atoms with E-state index in [1.807, 2.05) is 0 Å². The molecule has 1 aliphatic heterocycles. The van der Waals surface area contributed by atoms with Crippen LogP contribution in [-0.2, 0) is 26.0 Å². The number of fused-ring (bicyclic) bond motifs is 1. The average molecular weight is 508 g/mol. The van der Waals surface area contributed by atoms with Crippen LogP contribution in [0.2, 0.25) is 0 Å². The predicted octanol–water partition coefficient (Wildman–Crippen LogP) is 3.03. The number of carbonyl (C=O) groups excluding carboxylic acids is 1. The van der Waals surface area contributed by atoms with Crippen LogP contribution >= 0.6 is 11.3 Å². The summed E-state index contributed by atoms with van der Waals surface area (Å²) in [7, 11) is -0.652. The van der Waals surface area contributed by atoms with Gasteiger partial charge in [-0.05, 0) is 49.2 Å². The fourth-order valence-electron chi connectivity index (χ4n) is 3.84. The Morgan fingerprint density at radius 2 is 2.06 bits per heavy atom. The van der Waals surface area contributed by atoms with Gasteiger partial charge in [-0.1, -0.05) is 17.4 Å². The standard InChI is InChI=1S/C23H26FN3O5S2/c1-26(15-17-5-4-13-32-17)34(29,30)18-10-8-16(9-11-18)22(28)25-23-27(12-14-31-2)21-19(24)6-3-7-20(21)33-23/h3,6-11,17H,4-5,12-15H2,1-2H3. The predicted molar refractivity (Wildman–Crippen MR) is 127 cm³/mol. The number of amides is 1. The maximum atomic E-state index is 14.4. The second kappa shape index (κ2) is 10.4. The van der Waals surface area contributed by atoms with Gasteiger partial charge in [0.2, 0.25) is 10.0 Å². The summed E-state index contributed by atoms with van der Waals surface area (Å²) in [5.74, 6) is -0.949. The van der Waals surface area contributed by atoms with Gasteiger partial charge in [-0.15, -0.1) is 0 Å². The number of nitrogens with zero attached hydrogens (tertiary/aromatic N) is 3. The van der Waals surface area contributed by atoms with Gasteiger partial charge in [-0.2, -0.15) is 9.30 Å². The molecule has 1 fully saturated rings. The van der Waals surface area contributed by atoms with E-state index in [-0.39, 0.29) is 23.1 Å². The maximum absolute atomic E-state index is 14.4. The summed E-state index contributed by atoms with van der Waals surface area (Å²) in [6.07, 6.45) is 1.66. The van der Waals surface area contributed by atoms with E-state index in [1.54, 1.807) is 23.8 Å². The molecule has 1 aliphatic rings. The van der Waals surface area contributed by atoms with Crippen molar-refractivity contribution in [3.63, 3.8) is 0 Å². The molecular formula is C23H26FN3O5S2. The van der Waals surface area contributed by atoms with Gasteiger partial charge in [-0.3, -0.25) is 4.79 Å². The van der Waals surface area contributed by atoms with Crippen LogP contribution in [0.1, 0.15) is 23.2 Å². The van der Waals surface area contributed by atoms with Gasteiger partial charge < -0.3 is 14.0 Å². The Morgan fingerprint density at radius 1 is 1.29 bits per heavy atom. The zero-order valence-corrected chi connectivity index (χ0v) is 20.6. The van der Waals surface area contributed by atoms with Gasteiger partial charge >= 0.3 is 0 Å². The van der Waals surface area contributed by atoms with Crippen LogP contribution in [0.15, 0.2) is 52.4 Å². The highest BCUT2D eigenvalue weighted by Crippen LogP contribution is 2.21. The summed E-state index contributed by atoms with van der Waals surface area (Å²) >= 11 is 1.20. The minimum Gasteiger partial charge on any atom is -0.383 e. The van der Waals surface area contributed by atoms with Crippen LogP contribution in [0, 0.1) is 5.82 Å². The maximum Gasteiger partial charge on any atom is 0.279 e. The number of hydrogen-bond acceptors (Lipinski definition) is 6. The van der Waals surface area contributed by atoms with Crippen molar-refractivity contribution < 1.29 is 27.1 Å². The first-order valence-electron chi connectivity index (χ1n) is 10.8. The highest BCUT2D eigenvalue weighted by molar-refractivity contribution is 7.89. The third-order valence-electron chi connectivity index (χ3n) is 5.66. The summed E-state index contributed by atoms with van der Waals surface area (Å²) in [5, 5.41) is 0. The molecule has 0 N–H and O–H groups in total. The van der Waals surface area contributed by atoms with Gasteiger partial charge in [0.1, 0.15) is 5.82 Å². The molecule has 8 nitrogen and oxygen atoms in total. The summed E-state index contributed by atoms with van der Waals surface area (Å²) in [4.78, 5) is 17.5. The van der Waals surface area contributed by atoms with Crippen molar-refractivity contribution in [2.45, 2.75) is 30.4 Å².